The first-order chi connectivity index (χ1) is 14.9. The molecule has 0 radical (unpaired) electrons. The van der Waals surface area contributed by atoms with Crippen molar-refractivity contribution in [2.45, 2.75) is 13.0 Å². The highest BCUT2D eigenvalue weighted by molar-refractivity contribution is 5.82. The fraction of sp³-hybridized carbons (Fsp3) is 0.348. The van der Waals surface area contributed by atoms with Gasteiger partial charge in [-0.2, -0.15) is 8.78 Å². The zero-order valence-electron chi connectivity index (χ0n) is 17.1. The summed E-state index contributed by atoms with van der Waals surface area (Å²) < 4.78 is 47.3. The van der Waals surface area contributed by atoms with Crippen molar-refractivity contribution in [2.75, 3.05) is 39.5 Å². The molecule has 2 heterocycles. The Hall–Kier alpha value is -2.97. The molecule has 1 aliphatic heterocycles. The number of benzene rings is 2. The molecule has 2 aromatic carbocycles. The smallest absolute Gasteiger partial charge is 0.394 e. The molecule has 0 aliphatic carbocycles. The minimum atomic E-state index is -3.27. The molecule has 4 rings (SSSR count). The largest absolute Gasteiger partial charge is 0.492 e. The lowest BCUT2D eigenvalue weighted by atomic mass is 10.1. The standard InChI is InChI=1S/C23H23F2NO5/c1-23(24,25)31-17-4-2-16(3-5-17)20-15-30-21-14-18(6-7-19(21)22(20)27)29-13-10-26-8-11-28-12-9-26/h2-7,14-15H,8-13H2,1H3. The molecule has 0 atom stereocenters. The Morgan fingerprint density at radius 1 is 1.06 bits per heavy atom. The number of ether oxygens (including phenoxy) is 3. The van der Waals surface area contributed by atoms with Crippen LogP contribution in [0.3, 0.4) is 0 Å². The van der Waals surface area contributed by atoms with E-state index in [9.17, 15) is 13.6 Å². The average molecular weight is 431 g/mol. The van der Waals surface area contributed by atoms with Crippen LogP contribution in [0.4, 0.5) is 8.78 Å². The number of hydrogen-bond donors (Lipinski definition) is 0. The summed E-state index contributed by atoms with van der Waals surface area (Å²) in [6.45, 7) is 5.26. The van der Waals surface area contributed by atoms with Gasteiger partial charge in [-0.3, -0.25) is 9.69 Å². The van der Waals surface area contributed by atoms with Crippen molar-refractivity contribution in [1.82, 2.24) is 4.90 Å². The molecule has 0 N–H and O–H groups in total. The molecule has 8 heteroatoms. The van der Waals surface area contributed by atoms with E-state index in [2.05, 4.69) is 9.64 Å². The van der Waals surface area contributed by atoms with Crippen LogP contribution in [0.2, 0.25) is 0 Å². The highest BCUT2D eigenvalue weighted by Crippen LogP contribution is 2.26. The van der Waals surface area contributed by atoms with Crippen LogP contribution in [0.5, 0.6) is 11.5 Å². The Balaban J connectivity index is 1.47. The predicted molar refractivity (Wildman–Crippen MR) is 112 cm³/mol. The molecule has 1 fully saturated rings. The molecule has 1 aliphatic rings. The summed E-state index contributed by atoms with van der Waals surface area (Å²) in [5.74, 6) is 0.638. The quantitative estimate of drug-likeness (QED) is 0.560. The highest BCUT2D eigenvalue weighted by atomic mass is 19.3. The van der Waals surface area contributed by atoms with Crippen LogP contribution in [0.25, 0.3) is 22.1 Å². The van der Waals surface area contributed by atoms with Gasteiger partial charge in [0, 0.05) is 32.6 Å². The van der Waals surface area contributed by atoms with E-state index in [1.54, 1.807) is 30.3 Å². The second-order valence-electron chi connectivity index (χ2n) is 7.37. The zero-order valence-corrected chi connectivity index (χ0v) is 17.1. The fourth-order valence-corrected chi connectivity index (χ4v) is 3.42. The van der Waals surface area contributed by atoms with Crippen LogP contribution < -0.4 is 14.9 Å². The molecule has 0 amide bonds. The maximum Gasteiger partial charge on any atom is 0.394 e. The number of hydrogen-bond acceptors (Lipinski definition) is 6. The normalized spacial score (nSPS) is 15.2. The van der Waals surface area contributed by atoms with E-state index in [0.717, 1.165) is 32.8 Å². The summed E-state index contributed by atoms with van der Waals surface area (Å²) in [5.41, 5.74) is 1.09. The van der Waals surface area contributed by atoms with Crippen molar-refractivity contribution in [3.63, 3.8) is 0 Å². The third-order valence-electron chi connectivity index (χ3n) is 4.99. The minimum absolute atomic E-state index is 0.0142. The number of morpholine rings is 1. The third kappa shape index (κ3) is 5.39. The van der Waals surface area contributed by atoms with Gasteiger partial charge in [-0.15, -0.1) is 0 Å². The molecule has 0 spiro atoms. The SMILES string of the molecule is CC(F)(F)Oc1ccc(-c2coc3cc(OCCN4CCOCC4)ccc3c2=O)cc1. The number of rotatable bonds is 7. The number of halogens is 2. The fourth-order valence-electron chi connectivity index (χ4n) is 3.42. The third-order valence-corrected chi connectivity index (χ3v) is 4.99. The number of alkyl halides is 2. The Kier molecular flexibility index (Phi) is 6.20. The Labute approximate surface area is 177 Å². The van der Waals surface area contributed by atoms with Gasteiger partial charge in [0.15, 0.2) is 5.43 Å². The van der Waals surface area contributed by atoms with E-state index < -0.39 is 6.11 Å². The van der Waals surface area contributed by atoms with Gasteiger partial charge in [-0.1, -0.05) is 12.1 Å². The lowest BCUT2D eigenvalue weighted by Gasteiger charge is -2.26. The van der Waals surface area contributed by atoms with Crippen LogP contribution in [0, 0.1) is 0 Å². The van der Waals surface area contributed by atoms with Crippen LogP contribution in [0.1, 0.15) is 6.92 Å². The topological polar surface area (TPSA) is 61.1 Å². The molecule has 3 aromatic rings. The van der Waals surface area contributed by atoms with Gasteiger partial charge in [-0.25, -0.2) is 0 Å². The predicted octanol–water partition coefficient (Wildman–Crippen LogP) is 4.16. The van der Waals surface area contributed by atoms with Gasteiger partial charge in [0.2, 0.25) is 0 Å². The van der Waals surface area contributed by atoms with Crippen molar-refractivity contribution in [2.24, 2.45) is 0 Å². The van der Waals surface area contributed by atoms with E-state index in [1.807, 2.05) is 0 Å². The maximum absolute atomic E-state index is 13.0. The summed E-state index contributed by atoms with van der Waals surface area (Å²) >= 11 is 0. The van der Waals surface area contributed by atoms with Crippen molar-refractivity contribution in [3.05, 3.63) is 59.0 Å². The van der Waals surface area contributed by atoms with Gasteiger partial charge in [0.1, 0.15) is 30.0 Å². The first kappa shape index (κ1) is 21.3. The molecule has 0 bridgehead atoms. The Morgan fingerprint density at radius 3 is 2.48 bits per heavy atom. The monoisotopic (exact) mass is 431 g/mol. The van der Waals surface area contributed by atoms with Gasteiger partial charge in [0.25, 0.3) is 0 Å². The van der Waals surface area contributed by atoms with Crippen LogP contribution in [-0.2, 0) is 4.74 Å². The first-order valence-electron chi connectivity index (χ1n) is 10.0. The maximum atomic E-state index is 13.0. The minimum Gasteiger partial charge on any atom is -0.492 e. The van der Waals surface area contributed by atoms with Gasteiger partial charge < -0.3 is 18.6 Å². The lowest BCUT2D eigenvalue weighted by Crippen LogP contribution is -2.38. The van der Waals surface area contributed by atoms with E-state index in [1.165, 1.54) is 18.4 Å². The van der Waals surface area contributed by atoms with Crippen LogP contribution in [-0.4, -0.2) is 50.5 Å². The zero-order chi connectivity index (χ0) is 21.8. The average Bonchev–Trinajstić information content (AvgIpc) is 2.74. The Morgan fingerprint density at radius 2 is 1.77 bits per heavy atom. The highest BCUT2D eigenvalue weighted by Gasteiger charge is 2.23. The van der Waals surface area contributed by atoms with Crippen LogP contribution >= 0.6 is 0 Å². The number of fused-ring (bicyclic) bond motifs is 1. The molecule has 1 aromatic heterocycles. The van der Waals surface area contributed by atoms with Crippen molar-refractivity contribution in [1.29, 1.82) is 0 Å². The van der Waals surface area contributed by atoms with Gasteiger partial charge >= 0.3 is 6.11 Å². The van der Waals surface area contributed by atoms with Gasteiger partial charge in [0.05, 0.1) is 24.2 Å². The van der Waals surface area contributed by atoms with E-state index in [0.29, 0.717) is 41.4 Å². The molecule has 0 unspecified atom stereocenters. The molecule has 164 valence electrons. The summed E-state index contributed by atoms with van der Waals surface area (Å²) in [6.07, 6.45) is -1.90. The van der Waals surface area contributed by atoms with Crippen LogP contribution in [0.15, 0.2) is 57.9 Å². The Bertz CT molecular complexity index is 1090. The molecular formula is C23H23F2NO5. The number of nitrogens with zero attached hydrogens (tertiary/aromatic N) is 1. The van der Waals surface area contributed by atoms with Gasteiger partial charge in [-0.05, 0) is 29.8 Å². The second kappa shape index (κ2) is 9.03. The van der Waals surface area contributed by atoms with Crippen molar-refractivity contribution >= 4 is 11.0 Å². The molecule has 6 nitrogen and oxygen atoms in total. The van der Waals surface area contributed by atoms with E-state index >= 15 is 0 Å². The second-order valence-corrected chi connectivity index (χ2v) is 7.37. The van der Waals surface area contributed by atoms with Crippen molar-refractivity contribution in [3.8, 4) is 22.6 Å². The first-order valence-corrected chi connectivity index (χ1v) is 10.0. The van der Waals surface area contributed by atoms with E-state index in [-0.39, 0.29) is 11.2 Å². The molecule has 0 saturated carbocycles. The van der Waals surface area contributed by atoms with E-state index in [4.69, 9.17) is 13.9 Å². The summed E-state index contributed by atoms with van der Waals surface area (Å²) in [7, 11) is 0. The molecular weight excluding hydrogens is 408 g/mol. The lowest BCUT2D eigenvalue weighted by molar-refractivity contribution is -0.158. The summed E-state index contributed by atoms with van der Waals surface area (Å²) in [4.78, 5) is 15.2. The summed E-state index contributed by atoms with van der Waals surface area (Å²) in [6, 6.07) is 11.0. The molecule has 31 heavy (non-hydrogen) atoms. The van der Waals surface area contributed by atoms with Crippen molar-refractivity contribution < 1.29 is 27.4 Å². The molecule has 1 saturated heterocycles. The summed E-state index contributed by atoms with van der Waals surface area (Å²) in [5, 5.41) is 0.415.